The molecule has 1 aliphatic carbocycles. The number of carbonyl (C=O) groups is 3. The number of rotatable bonds is 10. The van der Waals surface area contributed by atoms with E-state index in [1.165, 1.54) is 16.0 Å². The zero-order valence-electron chi connectivity index (χ0n) is 20.3. The minimum absolute atomic E-state index is 0.0205. The molecular weight excluding hydrogens is 432 g/mol. The molecule has 1 aliphatic rings. The molecule has 1 unspecified atom stereocenters. The molecule has 0 saturated heterocycles. The Hall–Kier alpha value is -3.35. The van der Waals surface area contributed by atoms with E-state index in [0.717, 1.165) is 11.1 Å². The van der Waals surface area contributed by atoms with Crippen LogP contribution in [0.15, 0.2) is 48.5 Å². The van der Waals surface area contributed by atoms with E-state index in [9.17, 15) is 14.4 Å². The number of ether oxygens (including phenoxy) is 1. The second-order valence-corrected chi connectivity index (χ2v) is 9.69. The molecule has 0 heterocycles. The van der Waals surface area contributed by atoms with Crippen LogP contribution in [-0.2, 0) is 14.3 Å². The molecule has 0 saturated carbocycles. The fraction of sp³-hybridized carbons (Fsp3) is 0.444. The number of carboxylic acid groups (broad SMARTS) is 1. The first-order valence-corrected chi connectivity index (χ1v) is 11.7. The van der Waals surface area contributed by atoms with Crippen molar-refractivity contribution >= 4 is 18.0 Å². The van der Waals surface area contributed by atoms with E-state index in [0.29, 0.717) is 6.42 Å². The monoisotopic (exact) mass is 466 g/mol. The molecule has 1 atom stereocenters. The van der Waals surface area contributed by atoms with Crippen molar-refractivity contribution < 1.29 is 24.2 Å². The molecule has 34 heavy (non-hydrogen) atoms. The fourth-order valence-electron chi connectivity index (χ4n) is 4.39. The first-order chi connectivity index (χ1) is 16.1. The van der Waals surface area contributed by atoms with Gasteiger partial charge in [0.15, 0.2) is 0 Å². The number of carbonyl (C=O) groups excluding carboxylic acids is 2. The maximum Gasteiger partial charge on any atom is 0.407 e. The molecule has 2 amide bonds. The summed E-state index contributed by atoms with van der Waals surface area (Å²) in [6, 6.07) is 16.1. The van der Waals surface area contributed by atoms with Crippen molar-refractivity contribution in [3.05, 3.63) is 59.7 Å². The fourth-order valence-corrected chi connectivity index (χ4v) is 4.39. The number of nitrogens with zero attached hydrogens (tertiary/aromatic N) is 1. The van der Waals surface area contributed by atoms with Gasteiger partial charge in [-0.05, 0) is 41.0 Å². The van der Waals surface area contributed by atoms with E-state index in [4.69, 9.17) is 9.84 Å². The number of fused-ring (bicyclic) bond motifs is 3. The number of amides is 2. The highest BCUT2D eigenvalue weighted by atomic mass is 16.5. The van der Waals surface area contributed by atoms with E-state index in [1.54, 1.807) is 0 Å². The number of carboxylic acids is 1. The summed E-state index contributed by atoms with van der Waals surface area (Å²) >= 11 is 0. The predicted molar refractivity (Wildman–Crippen MR) is 131 cm³/mol. The lowest BCUT2D eigenvalue weighted by Gasteiger charge is -2.31. The van der Waals surface area contributed by atoms with Crippen LogP contribution in [0.2, 0.25) is 0 Å². The third-order valence-corrected chi connectivity index (χ3v) is 6.43. The van der Waals surface area contributed by atoms with Crippen molar-refractivity contribution in [2.75, 3.05) is 19.7 Å². The minimum atomic E-state index is -1.04. The third kappa shape index (κ3) is 5.95. The van der Waals surface area contributed by atoms with Crippen LogP contribution in [0.4, 0.5) is 4.79 Å². The van der Waals surface area contributed by atoms with Crippen molar-refractivity contribution in [1.29, 1.82) is 0 Å². The smallest absolute Gasteiger partial charge is 0.407 e. The Balaban J connectivity index is 1.55. The van der Waals surface area contributed by atoms with Gasteiger partial charge in [-0.25, -0.2) is 4.79 Å². The Bertz CT molecular complexity index is 1000. The van der Waals surface area contributed by atoms with Crippen LogP contribution >= 0.6 is 0 Å². The van der Waals surface area contributed by atoms with Gasteiger partial charge in [-0.1, -0.05) is 69.3 Å². The first kappa shape index (κ1) is 25.3. The largest absolute Gasteiger partial charge is 0.480 e. The molecule has 2 aromatic carbocycles. The summed E-state index contributed by atoms with van der Waals surface area (Å²) < 4.78 is 5.57. The highest BCUT2D eigenvalue weighted by molar-refractivity contribution is 5.82. The summed E-state index contributed by atoms with van der Waals surface area (Å²) in [5.41, 5.74) is 4.06. The zero-order valence-corrected chi connectivity index (χ0v) is 20.3. The number of hydrogen-bond acceptors (Lipinski definition) is 4. The van der Waals surface area contributed by atoms with Crippen LogP contribution in [0, 0.1) is 5.41 Å². The summed E-state index contributed by atoms with van der Waals surface area (Å²) in [4.78, 5) is 37.8. The Morgan fingerprint density at radius 3 is 2.15 bits per heavy atom. The molecule has 182 valence electrons. The summed E-state index contributed by atoms with van der Waals surface area (Å²) in [5, 5.41) is 11.9. The average molecular weight is 467 g/mol. The van der Waals surface area contributed by atoms with Gasteiger partial charge < -0.3 is 20.1 Å². The summed E-state index contributed by atoms with van der Waals surface area (Å²) in [5.74, 6) is -1.30. The van der Waals surface area contributed by atoms with Crippen LogP contribution in [0.25, 0.3) is 11.1 Å². The van der Waals surface area contributed by atoms with Gasteiger partial charge in [-0.2, -0.15) is 0 Å². The van der Waals surface area contributed by atoms with E-state index in [1.807, 2.05) is 52.0 Å². The quantitative estimate of drug-likeness (QED) is 0.531. The van der Waals surface area contributed by atoms with Gasteiger partial charge in [0.2, 0.25) is 5.91 Å². The van der Waals surface area contributed by atoms with Gasteiger partial charge in [-0.3, -0.25) is 9.59 Å². The SMILES string of the molecule is CCC(C)N(CC(=O)O)C(=O)CC(C)(C)CNC(=O)OCC1c2ccccc2-c2ccccc21. The van der Waals surface area contributed by atoms with E-state index in [2.05, 4.69) is 29.6 Å². The normalized spacial score (nSPS) is 13.5. The van der Waals surface area contributed by atoms with Crippen molar-refractivity contribution in [3.63, 3.8) is 0 Å². The summed E-state index contributed by atoms with van der Waals surface area (Å²) in [6.45, 7) is 7.61. The maximum atomic E-state index is 12.8. The van der Waals surface area contributed by atoms with Gasteiger partial charge in [-0.15, -0.1) is 0 Å². The Morgan fingerprint density at radius 2 is 1.62 bits per heavy atom. The number of alkyl carbamates (subject to hydrolysis) is 1. The average Bonchev–Trinajstić information content (AvgIpc) is 3.12. The van der Waals surface area contributed by atoms with Crippen LogP contribution in [0.5, 0.6) is 0 Å². The summed E-state index contributed by atoms with van der Waals surface area (Å²) in [6.07, 6.45) is 0.248. The Labute approximate surface area is 201 Å². The van der Waals surface area contributed by atoms with Crippen molar-refractivity contribution in [2.24, 2.45) is 5.41 Å². The summed E-state index contributed by atoms with van der Waals surface area (Å²) in [7, 11) is 0. The maximum absolute atomic E-state index is 12.8. The lowest BCUT2D eigenvalue weighted by molar-refractivity contribution is -0.147. The van der Waals surface area contributed by atoms with E-state index >= 15 is 0 Å². The van der Waals surface area contributed by atoms with Crippen LogP contribution < -0.4 is 5.32 Å². The van der Waals surface area contributed by atoms with Crippen molar-refractivity contribution in [3.8, 4) is 11.1 Å². The van der Waals surface area contributed by atoms with Crippen molar-refractivity contribution in [2.45, 2.75) is 52.5 Å². The molecule has 0 radical (unpaired) electrons. The Morgan fingerprint density at radius 1 is 1.06 bits per heavy atom. The molecule has 2 N–H and O–H groups in total. The molecule has 7 heteroatoms. The molecular formula is C27H34N2O5. The van der Waals surface area contributed by atoms with Gasteiger partial charge in [0.05, 0.1) is 0 Å². The van der Waals surface area contributed by atoms with E-state index < -0.39 is 17.5 Å². The lowest BCUT2D eigenvalue weighted by Crippen LogP contribution is -2.45. The van der Waals surface area contributed by atoms with Crippen molar-refractivity contribution in [1.82, 2.24) is 10.2 Å². The highest BCUT2D eigenvalue weighted by Gasteiger charge is 2.31. The third-order valence-electron chi connectivity index (χ3n) is 6.43. The Kier molecular flexibility index (Phi) is 7.97. The van der Waals surface area contributed by atoms with Gasteiger partial charge in [0.25, 0.3) is 0 Å². The lowest BCUT2D eigenvalue weighted by atomic mass is 9.88. The van der Waals surface area contributed by atoms with E-state index in [-0.39, 0.29) is 44.0 Å². The molecule has 0 spiro atoms. The second-order valence-electron chi connectivity index (χ2n) is 9.69. The van der Waals surface area contributed by atoms with Gasteiger partial charge >= 0.3 is 12.1 Å². The molecule has 0 aliphatic heterocycles. The number of aliphatic carboxylic acids is 1. The molecule has 2 aromatic rings. The topological polar surface area (TPSA) is 95.9 Å². The van der Waals surface area contributed by atoms with Crippen LogP contribution in [0.1, 0.15) is 57.6 Å². The first-order valence-electron chi connectivity index (χ1n) is 11.7. The van der Waals surface area contributed by atoms with Crippen LogP contribution in [0.3, 0.4) is 0 Å². The predicted octanol–water partition coefficient (Wildman–Crippen LogP) is 4.65. The highest BCUT2D eigenvalue weighted by Crippen LogP contribution is 2.44. The van der Waals surface area contributed by atoms with Crippen LogP contribution in [-0.4, -0.2) is 53.7 Å². The molecule has 0 bridgehead atoms. The minimum Gasteiger partial charge on any atom is -0.480 e. The molecule has 3 rings (SSSR count). The van der Waals surface area contributed by atoms with Gasteiger partial charge in [0, 0.05) is 24.9 Å². The van der Waals surface area contributed by atoms with Gasteiger partial charge in [0.1, 0.15) is 13.2 Å². The number of benzene rings is 2. The zero-order chi connectivity index (χ0) is 24.9. The molecule has 0 aromatic heterocycles. The number of hydrogen-bond donors (Lipinski definition) is 2. The molecule has 7 nitrogen and oxygen atoms in total. The standard InChI is InChI=1S/C27H34N2O5/c1-5-18(2)29(15-25(31)32)24(30)14-27(3,4)17-28-26(33)34-16-23-21-12-8-6-10-19(21)20-11-7-9-13-22(20)23/h6-13,18,23H,5,14-17H2,1-4H3,(H,28,33)(H,31,32). The molecule has 0 fully saturated rings. The second kappa shape index (κ2) is 10.7. The number of nitrogens with one attached hydrogen (secondary N) is 1.